The Kier molecular flexibility index (Phi) is 4.84. The highest BCUT2D eigenvalue weighted by atomic mass is 79.9. The molecule has 0 radical (unpaired) electrons. The van der Waals surface area contributed by atoms with Gasteiger partial charge in [0.25, 0.3) is 0 Å². The molecule has 1 atom stereocenters. The molecule has 0 saturated carbocycles. The van der Waals surface area contributed by atoms with Gasteiger partial charge in [0.1, 0.15) is 5.82 Å². The summed E-state index contributed by atoms with van der Waals surface area (Å²) in [6.45, 7) is 3.35. The molecule has 0 aliphatic heterocycles. The van der Waals surface area contributed by atoms with E-state index in [9.17, 15) is 4.79 Å². The number of rotatable bonds is 4. The number of hydrogen-bond donors (Lipinski definition) is 1. The van der Waals surface area contributed by atoms with E-state index in [1.807, 2.05) is 37.3 Å². The Bertz CT molecular complexity index is 601. The Hall–Kier alpha value is -1.75. The number of halogens is 1. The van der Waals surface area contributed by atoms with E-state index >= 15 is 0 Å². The van der Waals surface area contributed by atoms with Crippen molar-refractivity contribution in [1.82, 2.24) is 15.3 Å². The van der Waals surface area contributed by atoms with Gasteiger partial charge in [-0.25, -0.2) is 9.97 Å². The number of nitrogens with zero attached hydrogens (tertiary/aromatic N) is 2. The predicted octanol–water partition coefficient (Wildman–Crippen LogP) is 2.97. The Labute approximate surface area is 126 Å². The monoisotopic (exact) mass is 333 g/mol. The van der Waals surface area contributed by atoms with Crippen molar-refractivity contribution < 1.29 is 4.79 Å². The molecule has 2 rings (SSSR count). The number of amides is 1. The van der Waals surface area contributed by atoms with Crippen molar-refractivity contribution in [2.45, 2.75) is 26.3 Å². The molecule has 0 saturated heterocycles. The van der Waals surface area contributed by atoms with Crippen LogP contribution >= 0.6 is 15.9 Å². The first-order valence-corrected chi connectivity index (χ1v) is 7.15. The van der Waals surface area contributed by atoms with Crippen molar-refractivity contribution in [2.75, 3.05) is 0 Å². The van der Waals surface area contributed by atoms with Gasteiger partial charge >= 0.3 is 0 Å². The molecule has 1 aromatic carbocycles. The summed E-state index contributed by atoms with van der Waals surface area (Å²) >= 11 is 3.46. The van der Waals surface area contributed by atoms with Crippen LogP contribution in [0.3, 0.4) is 0 Å². The van der Waals surface area contributed by atoms with Crippen LogP contribution in [0.1, 0.15) is 30.0 Å². The highest BCUT2D eigenvalue weighted by Crippen LogP contribution is 2.24. The molecule has 2 aromatic rings. The summed E-state index contributed by atoms with van der Waals surface area (Å²) in [5.41, 5.74) is 1.95. The third kappa shape index (κ3) is 3.87. The molecule has 5 heteroatoms. The minimum atomic E-state index is -0.175. The third-order valence-corrected chi connectivity index (χ3v) is 3.49. The summed E-state index contributed by atoms with van der Waals surface area (Å²) in [5.74, 6) is 0.612. The van der Waals surface area contributed by atoms with E-state index in [-0.39, 0.29) is 11.9 Å². The normalized spacial score (nSPS) is 11.9. The van der Waals surface area contributed by atoms with Crippen LogP contribution in [0.2, 0.25) is 0 Å². The molecule has 0 spiro atoms. The fourth-order valence-electron chi connectivity index (χ4n) is 2.03. The molecule has 1 amide bonds. The highest BCUT2D eigenvalue weighted by Gasteiger charge is 2.18. The largest absolute Gasteiger partial charge is 0.348 e. The summed E-state index contributed by atoms with van der Waals surface area (Å²) in [7, 11) is 0. The van der Waals surface area contributed by atoms with E-state index < -0.39 is 0 Å². The first kappa shape index (κ1) is 14.7. The van der Waals surface area contributed by atoms with E-state index in [4.69, 9.17) is 0 Å². The first-order chi connectivity index (χ1) is 9.56. The molecule has 1 N–H and O–H groups in total. The van der Waals surface area contributed by atoms with Crippen LogP contribution in [-0.4, -0.2) is 15.9 Å². The number of aromatic nitrogens is 2. The van der Waals surface area contributed by atoms with Crippen molar-refractivity contribution in [1.29, 1.82) is 0 Å². The van der Waals surface area contributed by atoms with Crippen LogP contribution in [-0.2, 0) is 11.2 Å². The maximum absolute atomic E-state index is 11.4. The number of nitrogens with one attached hydrogen (secondary N) is 1. The zero-order chi connectivity index (χ0) is 14.5. The predicted molar refractivity (Wildman–Crippen MR) is 81.2 cm³/mol. The van der Waals surface area contributed by atoms with E-state index in [2.05, 4.69) is 31.2 Å². The molecule has 0 unspecified atom stereocenters. The van der Waals surface area contributed by atoms with E-state index in [1.165, 1.54) is 6.92 Å². The molecular weight excluding hydrogens is 318 g/mol. The molecular formula is C15H16BrN3O. The minimum Gasteiger partial charge on any atom is -0.348 e. The van der Waals surface area contributed by atoms with E-state index in [0.717, 1.165) is 15.7 Å². The number of hydrogen-bond acceptors (Lipinski definition) is 3. The van der Waals surface area contributed by atoms with Gasteiger partial charge in [-0.2, -0.15) is 0 Å². The van der Waals surface area contributed by atoms with Gasteiger partial charge in [0.2, 0.25) is 5.91 Å². The SMILES string of the molecule is CC(=O)N[C@@H](Cc1ccccc1)c1nc(C)ncc1Br. The van der Waals surface area contributed by atoms with E-state index in [1.54, 1.807) is 6.20 Å². The van der Waals surface area contributed by atoms with Gasteiger partial charge < -0.3 is 5.32 Å². The number of carbonyl (C=O) groups excluding carboxylic acids is 1. The smallest absolute Gasteiger partial charge is 0.217 e. The summed E-state index contributed by atoms with van der Waals surface area (Å²) in [6.07, 6.45) is 2.41. The molecule has 0 aliphatic carbocycles. The van der Waals surface area contributed by atoms with Gasteiger partial charge in [-0.15, -0.1) is 0 Å². The fraction of sp³-hybridized carbons (Fsp3) is 0.267. The molecule has 0 aliphatic rings. The second-order valence-electron chi connectivity index (χ2n) is 4.59. The lowest BCUT2D eigenvalue weighted by Crippen LogP contribution is -2.29. The molecule has 1 aromatic heterocycles. The van der Waals surface area contributed by atoms with Crippen LogP contribution < -0.4 is 5.32 Å². The Morgan fingerprint density at radius 2 is 2.05 bits per heavy atom. The van der Waals surface area contributed by atoms with Gasteiger partial charge in [-0.05, 0) is 34.8 Å². The molecule has 4 nitrogen and oxygen atoms in total. The van der Waals surface area contributed by atoms with Gasteiger partial charge in [0.05, 0.1) is 16.2 Å². The van der Waals surface area contributed by atoms with E-state index in [0.29, 0.717) is 12.2 Å². The van der Waals surface area contributed by atoms with Crippen molar-refractivity contribution in [3.8, 4) is 0 Å². The Balaban J connectivity index is 2.32. The molecule has 1 heterocycles. The Morgan fingerprint density at radius 3 is 2.70 bits per heavy atom. The first-order valence-electron chi connectivity index (χ1n) is 6.36. The van der Waals surface area contributed by atoms with Crippen molar-refractivity contribution >= 4 is 21.8 Å². The van der Waals surface area contributed by atoms with Crippen molar-refractivity contribution in [3.63, 3.8) is 0 Å². The fourth-order valence-corrected chi connectivity index (χ4v) is 2.50. The molecule has 20 heavy (non-hydrogen) atoms. The van der Waals surface area contributed by atoms with Crippen molar-refractivity contribution in [3.05, 3.63) is 58.1 Å². The second kappa shape index (κ2) is 6.61. The summed E-state index contributed by atoms with van der Waals surface area (Å²) in [4.78, 5) is 20.0. The molecule has 104 valence electrons. The standard InChI is InChI=1S/C15H16BrN3O/c1-10-17-9-13(16)15(18-10)14(19-11(2)20)8-12-6-4-3-5-7-12/h3-7,9,14H,8H2,1-2H3,(H,19,20)/t14-/m0/s1. The zero-order valence-electron chi connectivity index (χ0n) is 11.4. The lowest BCUT2D eigenvalue weighted by molar-refractivity contribution is -0.119. The second-order valence-corrected chi connectivity index (χ2v) is 5.45. The van der Waals surface area contributed by atoms with Crippen LogP contribution in [0.15, 0.2) is 41.0 Å². The number of benzene rings is 1. The zero-order valence-corrected chi connectivity index (χ0v) is 13.0. The number of carbonyl (C=O) groups is 1. The maximum atomic E-state index is 11.4. The maximum Gasteiger partial charge on any atom is 0.217 e. The van der Waals surface area contributed by atoms with Crippen LogP contribution in [0.5, 0.6) is 0 Å². The van der Waals surface area contributed by atoms with Crippen LogP contribution in [0.25, 0.3) is 0 Å². The van der Waals surface area contributed by atoms with Gasteiger partial charge in [-0.3, -0.25) is 4.79 Å². The van der Waals surface area contributed by atoms with Gasteiger partial charge in [-0.1, -0.05) is 30.3 Å². The average molecular weight is 334 g/mol. The summed E-state index contributed by atoms with van der Waals surface area (Å²) < 4.78 is 0.804. The van der Waals surface area contributed by atoms with Crippen molar-refractivity contribution in [2.24, 2.45) is 0 Å². The van der Waals surface area contributed by atoms with Crippen LogP contribution in [0.4, 0.5) is 0 Å². The topological polar surface area (TPSA) is 54.9 Å². The quantitative estimate of drug-likeness (QED) is 0.935. The molecule has 0 fully saturated rings. The lowest BCUT2D eigenvalue weighted by Gasteiger charge is -2.19. The third-order valence-electron chi connectivity index (χ3n) is 2.88. The molecule has 0 bridgehead atoms. The van der Waals surface area contributed by atoms with Gasteiger partial charge in [0.15, 0.2) is 0 Å². The van der Waals surface area contributed by atoms with Crippen LogP contribution in [0, 0.1) is 6.92 Å². The lowest BCUT2D eigenvalue weighted by atomic mass is 10.0. The summed E-state index contributed by atoms with van der Waals surface area (Å²) in [5, 5.41) is 2.95. The number of aryl methyl sites for hydroxylation is 1. The minimum absolute atomic E-state index is 0.0749. The summed E-state index contributed by atoms with van der Waals surface area (Å²) in [6, 6.07) is 9.85. The van der Waals surface area contributed by atoms with Gasteiger partial charge in [0, 0.05) is 13.1 Å². The highest BCUT2D eigenvalue weighted by molar-refractivity contribution is 9.10. The average Bonchev–Trinajstić information content (AvgIpc) is 2.41. The Morgan fingerprint density at radius 1 is 1.35 bits per heavy atom.